The van der Waals surface area contributed by atoms with E-state index >= 15 is 0 Å². The number of benzene rings is 1. The van der Waals surface area contributed by atoms with Crippen LogP contribution in [0.1, 0.15) is 58.4 Å². The number of carboxylic acids is 1. The fourth-order valence-electron chi connectivity index (χ4n) is 4.96. The van der Waals surface area contributed by atoms with E-state index in [4.69, 9.17) is 4.74 Å². The summed E-state index contributed by atoms with van der Waals surface area (Å²) in [5, 5.41) is 12.8. The van der Waals surface area contributed by atoms with Crippen molar-refractivity contribution in [1.29, 1.82) is 0 Å². The minimum absolute atomic E-state index is 0.0109. The summed E-state index contributed by atoms with van der Waals surface area (Å²) in [7, 11) is 0. The number of hydrogen-bond donors (Lipinski definition) is 2. The third-order valence-corrected chi connectivity index (χ3v) is 6.40. The van der Waals surface area contributed by atoms with Gasteiger partial charge >= 0.3 is 11.9 Å². The number of fused-ring (bicyclic) bond motifs is 1. The van der Waals surface area contributed by atoms with Gasteiger partial charge in [0.1, 0.15) is 12.1 Å². The van der Waals surface area contributed by atoms with Crippen molar-refractivity contribution in [3.63, 3.8) is 0 Å². The Hall–Kier alpha value is -2.41. The van der Waals surface area contributed by atoms with Gasteiger partial charge < -0.3 is 14.7 Å². The number of nitrogens with one attached hydrogen (secondary N) is 1. The number of ether oxygens (including phenoxy) is 1. The Kier molecular flexibility index (Phi) is 7.70. The van der Waals surface area contributed by atoms with Crippen LogP contribution in [0.15, 0.2) is 30.3 Å². The Morgan fingerprint density at radius 1 is 1.16 bits per heavy atom. The molecule has 1 heterocycles. The molecular formula is C24H34N2O5. The van der Waals surface area contributed by atoms with E-state index in [9.17, 15) is 19.5 Å². The number of esters is 1. The van der Waals surface area contributed by atoms with Crippen LogP contribution < -0.4 is 5.32 Å². The number of aliphatic carboxylic acids is 1. The lowest BCUT2D eigenvalue weighted by Gasteiger charge is -2.32. The summed E-state index contributed by atoms with van der Waals surface area (Å²) in [5.41, 5.74) is 1.10. The number of hydrogen-bond acceptors (Lipinski definition) is 5. The highest BCUT2D eigenvalue weighted by Gasteiger charge is 2.49. The van der Waals surface area contributed by atoms with Gasteiger partial charge in [0.2, 0.25) is 5.91 Å². The summed E-state index contributed by atoms with van der Waals surface area (Å²) in [6.45, 7) is 5.30. The summed E-state index contributed by atoms with van der Waals surface area (Å²) in [6, 6.07) is 7.73. The molecule has 1 saturated carbocycles. The zero-order chi connectivity index (χ0) is 22.5. The first-order chi connectivity index (χ1) is 14.8. The Bertz CT molecular complexity index is 781. The van der Waals surface area contributed by atoms with Crippen molar-refractivity contribution in [2.75, 3.05) is 0 Å². The largest absolute Gasteiger partial charge is 0.480 e. The van der Waals surface area contributed by atoms with Gasteiger partial charge in [-0.2, -0.15) is 0 Å². The molecule has 31 heavy (non-hydrogen) atoms. The van der Waals surface area contributed by atoms with Crippen LogP contribution in [0.4, 0.5) is 0 Å². The number of amides is 1. The SMILES string of the molecule is CC(C)OC(=O)[C@H](CCc1ccccc1)N[C@@H](C)C(=O)N1[C@H](C(=O)O)C[C@@H]2CCC[C@@H]21. The molecule has 0 aromatic heterocycles. The third-order valence-electron chi connectivity index (χ3n) is 6.40. The van der Waals surface area contributed by atoms with Crippen molar-refractivity contribution in [3.8, 4) is 0 Å². The molecule has 1 aromatic carbocycles. The van der Waals surface area contributed by atoms with Crippen molar-refractivity contribution >= 4 is 17.8 Å². The average Bonchev–Trinajstić information content (AvgIpc) is 3.31. The van der Waals surface area contributed by atoms with E-state index in [1.54, 1.807) is 25.7 Å². The van der Waals surface area contributed by atoms with Gasteiger partial charge in [-0.1, -0.05) is 36.8 Å². The molecule has 1 saturated heterocycles. The van der Waals surface area contributed by atoms with Gasteiger partial charge in [0, 0.05) is 6.04 Å². The van der Waals surface area contributed by atoms with Gasteiger partial charge in [0.25, 0.3) is 0 Å². The van der Waals surface area contributed by atoms with Crippen molar-refractivity contribution in [2.45, 2.75) is 89.6 Å². The van der Waals surface area contributed by atoms with Crippen LogP contribution in [0.2, 0.25) is 0 Å². The molecule has 7 heteroatoms. The van der Waals surface area contributed by atoms with E-state index in [1.165, 1.54) is 0 Å². The van der Waals surface area contributed by atoms with Crippen LogP contribution >= 0.6 is 0 Å². The van der Waals surface area contributed by atoms with Crippen molar-refractivity contribution in [2.24, 2.45) is 5.92 Å². The van der Waals surface area contributed by atoms with Gasteiger partial charge in [0.05, 0.1) is 12.1 Å². The van der Waals surface area contributed by atoms with Crippen molar-refractivity contribution in [3.05, 3.63) is 35.9 Å². The number of carboxylic acid groups (broad SMARTS) is 1. The van der Waals surface area contributed by atoms with Gasteiger partial charge in [-0.15, -0.1) is 0 Å². The summed E-state index contributed by atoms with van der Waals surface area (Å²) in [6.07, 6.45) is 4.26. The quantitative estimate of drug-likeness (QED) is 0.585. The first-order valence-corrected chi connectivity index (χ1v) is 11.3. The van der Waals surface area contributed by atoms with E-state index in [0.29, 0.717) is 19.3 Å². The molecule has 2 fully saturated rings. The van der Waals surface area contributed by atoms with Crippen molar-refractivity contribution in [1.82, 2.24) is 10.2 Å². The predicted octanol–water partition coefficient (Wildman–Crippen LogP) is 2.77. The van der Waals surface area contributed by atoms with Crippen LogP contribution in [0.25, 0.3) is 0 Å². The molecule has 1 aromatic rings. The smallest absolute Gasteiger partial charge is 0.326 e. The number of likely N-dealkylation sites (tertiary alicyclic amines) is 1. The molecular weight excluding hydrogens is 396 g/mol. The van der Waals surface area contributed by atoms with Crippen LogP contribution in [0.5, 0.6) is 0 Å². The molecule has 0 unspecified atom stereocenters. The van der Waals surface area contributed by atoms with E-state index in [0.717, 1.165) is 24.8 Å². The number of carbonyl (C=O) groups is 3. The van der Waals surface area contributed by atoms with E-state index in [-0.39, 0.29) is 29.9 Å². The standard InChI is InChI=1S/C24H34N2O5/c1-15(2)31-24(30)19(13-12-17-8-5-4-6-9-17)25-16(3)22(27)26-20-11-7-10-18(20)14-21(26)23(28)29/h4-6,8-9,15-16,18-21,25H,7,10-14H2,1-3H3,(H,28,29)/t16-,18-,19-,20-,21-/m0/s1. The highest BCUT2D eigenvalue weighted by molar-refractivity contribution is 5.88. The molecule has 0 bridgehead atoms. The molecule has 1 amide bonds. The maximum absolute atomic E-state index is 13.3. The summed E-state index contributed by atoms with van der Waals surface area (Å²) < 4.78 is 5.42. The van der Waals surface area contributed by atoms with Crippen LogP contribution in [0.3, 0.4) is 0 Å². The van der Waals surface area contributed by atoms with Gasteiger partial charge in [-0.05, 0) is 64.4 Å². The minimum Gasteiger partial charge on any atom is -0.480 e. The second-order valence-corrected chi connectivity index (χ2v) is 9.04. The maximum atomic E-state index is 13.3. The van der Waals surface area contributed by atoms with E-state index in [2.05, 4.69) is 5.32 Å². The van der Waals surface area contributed by atoms with Gasteiger partial charge in [-0.25, -0.2) is 4.79 Å². The topological polar surface area (TPSA) is 95.9 Å². The van der Waals surface area contributed by atoms with Gasteiger partial charge in [-0.3, -0.25) is 14.9 Å². The Morgan fingerprint density at radius 3 is 2.52 bits per heavy atom. The molecule has 0 spiro atoms. The minimum atomic E-state index is -0.949. The lowest BCUT2D eigenvalue weighted by molar-refractivity contribution is -0.153. The highest BCUT2D eigenvalue weighted by atomic mass is 16.5. The monoisotopic (exact) mass is 430 g/mol. The molecule has 7 nitrogen and oxygen atoms in total. The summed E-state index contributed by atoms with van der Waals surface area (Å²) in [4.78, 5) is 39.4. The molecule has 2 N–H and O–H groups in total. The zero-order valence-corrected chi connectivity index (χ0v) is 18.6. The van der Waals surface area contributed by atoms with Crippen molar-refractivity contribution < 1.29 is 24.2 Å². The van der Waals surface area contributed by atoms with Crippen LogP contribution in [0, 0.1) is 5.92 Å². The first kappa shape index (κ1) is 23.3. The molecule has 3 rings (SSSR count). The number of carbonyl (C=O) groups excluding carboxylic acids is 2. The Morgan fingerprint density at radius 2 is 1.87 bits per heavy atom. The molecule has 2 aliphatic rings. The summed E-state index contributed by atoms with van der Waals surface area (Å²) in [5.74, 6) is -1.32. The molecule has 1 aliphatic carbocycles. The highest BCUT2D eigenvalue weighted by Crippen LogP contribution is 2.41. The Balaban J connectivity index is 1.70. The number of rotatable bonds is 9. The van der Waals surface area contributed by atoms with E-state index in [1.807, 2.05) is 30.3 Å². The normalized spacial score (nSPS) is 24.6. The fourth-order valence-corrected chi connectivity index (χ4v) is 4.96. The van der Waals surface area contributed by atoms with Crippen LogP contribution in [-0.2, 0) is 25.5 Å². The third kappa shape index (κ3) is 5.64. The van der Waals surface area contributed by atoms with E-state index < -0.39 is 24.1 Å². The number of nitrogens with zero attached hydrogens (tertiary/aromatic N) is 1. The zero-order valence-electron chi connectivity index (χ0n) is 18.6. The molecule has 0 radical (unpaired) electrons. The summed E-state index contributed by atoms with van der Waals surface area (Å²) >= 11 is 0. The maximum Gasteiger partial charge on any atom is 0.326 e. The second-order valence-electron chi connectivity index (χ2n) is 9.04. The lowest BCUT2D eigenvalue weighted by Crippen LogP contribution is -2.55. The lowest BCUT2D eigenvalue weighted by atomic mass is 10.0. The first-order valence-electron chi connectivity index (χ1n) is 11.3. The second kappa shape index (κ2) is 10.3. The predicted molar refractivity (Wildman–Crippen MR) is 116 cm³/mol. The molecule has 1 aliphatic heterocycles. The average molecular weight is 431 g/mol. The molecule has 170 valence electrons. The fraction of sp³-hybridized carbons (Fsp3) is 0.625. The van der Waals surface area contributed by atoms with Gasteiger partial charge in [0.15, 0.2) is 0 Å². The Labute approximate surface area is 184 Å². The number of aryl methyl sites for hydroxylation is 1. The molecule has 5 atom stereocenters. The van der Waals surface area contributed by atoms with Crippen LogP contribution in [-0.4, -0.2) is 58.1 Å².